The lowest BCUT2D eigenvalue weighted by atomic mass is 10.1. The van der Waals surface area contributed by atoms with E-state index in [0.717, 1.165) is 12.5 Å². The van der Waals surface area contributed by atoms with E-state index in [-0.39, 0.29) is 5.97 Å². The van der Waals surface area contributed by atoms with Crippen LogP contribution in [-0.2, 0) is 4.74 Å². The third-order valence-corrected chi connectivity index (χ3v) is 5.21. The molecule has 2 fully saturated rings. The Morgan fingerprint density at radius 2 is 2.11 bits per heavy atom. The van der Waals surface area contributed by atoms with Crippen molar-refractivity contribution in [1.29, 1.82) is 0 Å². The van der Waals surface area contributed by atoms with Crippen molar-refractivity contribution in [3.8, 4) is 0 Å². The van der Waals surface area contributed by atoms with Crippen molar-refractivity contribution in [1.82, 2.24) is 0 Å². The molecule has 0 spiro atoms. The van der Waals surface area contributed by atoms with Crippen molar-refractivity contribution >= 4 is 28.0 Å². The molecule has 5 heteroatoms. The Morgan fingerprint density at radius 3 is 2.63 bits per heavy atom. The van der Waals surface area contributed by atoms with E-state index < -0.39 is 0 Å². The molecular weight excluding hydrogens is 260 g/mol. The molecule has 0 bridgehead atoms. The number of esters is 1. The SMILES string of the molecule is COC(=O)c1sc(N(C)CC2CC2)c(C2CC2)c1N. The number of rotatable bonds is 5. The summed E-state index contributed by atoms with van der Waals surface area (Å²) in [7, 11) is 3.52. The van der Waals surface area contributed by atoms with E-state index in [9.17, 15) is 4.79 Å². The minimum Gasteiger partial charge on any atom is -0.465 e. The number of nitrogens with zero attached hydrogens (tertiary/aromatic N) is 1. The van der Waals surface area contributed by atoms with Gasteiger partial charge in [-0.15, -0.1) is 11.3 Å². The second-order valence-electron chi connectivity index (χ2n) is 5.65. The molecule has 19 heavy (non-hydrogen) atoms. The molecule has 104 valence electrons. The van der Waals surface area contributed by atoms with Crippen LogP contribution < -0.4 is 10.6 Å². The standard InChI is InChI=1S/C14H20N2O2S/c1-16(7-8-3-4-8)13-10(9-5-6-9)11(15)12(19-13)14(17)18-2/h8-9H,3-7,15H2,1-2H3. The van der Waals surface area contributed by atoms with Gasteiger partial charge in [0, 0.05) is 19.2 Å². The summed E-state index contributed by atoms with van der Waals surface area (Å²) < 4.78 is 4.83. The second-order valence-corrected chi connectivity index (χ2v) is 6.65. The molecule has 2 aliphatic carbocycles. The second kappa shape index (κ2) is 4.71. The lowest BCUT2D eigenvalue weighted by molar-refractivity contribution is 0.0607. The monoisotopic (exact) mass is 280 g/mol. The molecule has 0 amide bonds. The van der Waals surface area contributed by atoms with E-state index in [1.165, 1.54) is 54.7 Å². The fraction of sp³-hybridized carbons (Fsp3) is 0.643. The summed E-state index contributed by atoms with van der Waals surface area (Å²) in [4.78, 5) is 14.6. The summed E-state index contributed by atoms with van der Waals surface area (Å²) in [6.45, 7) is 1.07. The Balaban J connectivity index is 1.93. The molecule has 0 aromatic carbocycles. The molecule has 0 atom stereocenters. The smallest absolute Gasteiger partial charge is 0.350 e. The van der Waals surface area contributed by atoms with E-state index in [1.807, 2.05) is 0 Å². The Bertz CT molecular complexity index is 504. The van der Waals surface area contributed by atoms with Gasteiger partial charge in [-0.2, -0.15) is 0 Å². The van der Waals surface area contributed by atoms with Crippen LogP contribution in [0.15, 0.2) is 0 Å². The predicted molar refractivity (Wildman–Crippen MR) is 78.0 cm³/mol. The first-order valence-electron chi connectivity index (χ1n) is 6.83. The number of anilines is 2. The minimum absolute atomic E-state index is 0.310. The summed E-state index contributed by atoms with van der Waals surface area (Å²) >= 11 is 1.49. The van der Waals surface area contributed by atoms with Gasteiger partial charge in [0.2, 0.25) is 0 Å². The van der Waals surface area contributed by atoms with Gasteiger partial charge < -0.3 is 15.4 Å². The lowest BCUT2D eigenvalue weighted by Gasteiger charge is -2.19. The van der Waals surface area contributed by atoms with Gasteiger partial charge in [0.05, 0.1) is 17.8 Å². The Morgan fingerprint density at radius 1 is 1.42 bits per heavy atom. The first kappa shape index (κ1) is 12.8. The fourth-order valence-electron chi connectivity index (χ4n) is 2.51. The summed E-state index contributed by atoms with van der Waals surface area (Å²) in [6, 6.07) is 0. The van der Waals surface area contributed by atoms with Crippen LogP contribution in [0.4, 0.5) is 10.7 Å². The molecule has 2 aliphatic rings. The number of nitrogens with two attached hydrogens (primary N) is 1. The molecule has 0 radical (unpaired) electrons. The van der Waals surface area contributed by atoms with Crippen LogP contribution in [0.3, 0.4) is 0 Å². The molecule has 0 saturated heterocycles. The number of ether oxygens (including phenoxy) is 1. The summed E-state index contributed by atoms with van der Waals surface area (Å²) in [5, 5.41) is 1.17. The molecule has 2 saturated carbocycles. The summed E-state index contributed by atoms with van der Waals surface area (Å²) in [5.41, 5.74) is 8.03. The van der Waals surface area contributed by atoms with Crippen LogP contribution in [0.1, 0.15) is 46.8 Å². The van der Waals surface area contributed by atoms with Crippen molar-refractivity contribution < 1.29 is 9.53 Å². The average molecular weight is 280 g/mol. The molecule has 0 unspecified atom stereocenters. The topological polar surface area (TPSA) is 55.6 Å². The highest BCUT2D eigenvalue weighted by molar-refractivity contribution is 7.18. The first-order valence-corrected chi connectivity index (χ1v) is 7.65. The molecule has 4 nitrogen and oxygen atoms in total. The zero-order valence-corrected chi connectivity index (χ0v) is 12.3. The first-order chi connectivity index (χ1) is 9.11. The Kier molecular flexibility index (Phi) is 3.17. The van der Waals surface area contributed by atoms with Crippen LogP contribution in [0, 0.1) is 5.92 Å². The quantitative estimate of drug-likeness (QED) is 0.843. The molecule has 1 aromatic rings. The van der Waals surface area contributed by atoms with Gasteiger partial charge >= 0.3 is 5.97 Å². The fourth-order valence-corrected chi connectivity index (χ4v) is 3.71. The molecule has 0 aliphatic heterocycles. The number of methoxy groups -OCH3 is 1. The number of nitrogen functional groups attached to an aromatic ring is 1. The number of hydrogen-bond donors (Lipinski definition) is 1. The van der Waals surface area contributed by atoms with Crippen LogP contribution >= 0.6 is 11.3 Å². The Hall–Kier alpha value is -1.23. The van der Waals surface area contributed by atoms with Gasteiger partial charge in [0.15, 0.2) is 0 Å². The van der Waals surface area contributed by atoms with Gasteiger partial charge in [-0.05, 0) is 37.5 Å². The molecule has 1 aromatic heterocycles. The highest BCUT2D eigenvalue weighted by Crippen LogP contribution is 2.52. The van der Waals surface area contributed by atoms with Gasteiger partial charge in [-0.1, -0.05) is 0 Å². The lowest BCUT2D eigenvalue weighted by Crippen LogP contribution is -2.19. The molecule has 1 heterocycles. The normalized spacial score (nSPS) is 18.4. The number of carbonyl (C=O) groups excluding carboxylic acids is 1. The van der Waals surface area contributed by atoms with Crippen molar-refractivity contribution in [3.63, 3.8) is 0 Å². The maximum atomic E-state index is 11.8. The van der Waals surface area contributed by atoms with Crippen molar-refractivity contribution in [2.24, 2.45) is 5.92 Å². The maximum Gasteiger partial charge on any atom is 0.350 e. The third kappa shape index (κ3) is 2.43. The zero-order valence-electron chi connectivity index (χ0n) is 11.4. The largest absolute Gasteiger partial charge is 0.465 e. The minimum atomic E-state index is -0.310. The number of hydrogen-bond acceptors (Lipinski definition) is 5. The van der Waals surface area contributed by atoms with Crippen LogP contribution in [0.25, 0.3) is 0 Å². The van der Waals surface area contributed by atoms with E-state index in [2.05, 4.69) is 11.9 Å². The number of carbonyl (C=O) groups is 1. The summed E-state index contributed by atoms with van der Waals surface area (Å²) in [5.74, 6) is 1.06. The number of thiophene rings is 1. The highest BCUT2D eigenvalue weighted by Gasteiger charge is 2.35. The van der Waals surface area contributed by atoms with Crippen molar-refractivity contribution in [2.75, 3.05) is 31.3 Å². The highest BCUT2D eigenvalue weighted by atomic mass is 32.1. The molecular formula is C14H20N2O2S. The maximum absolute atomic E-state index is 11.8. The van der Waals surface area contributed by atoms with E-state index in [4.69, 9.17) is 10.5 Å². The van der Waals surface area contributed by atoms with E-state index in [0.29, 0.717) is 16.5 Å². The predicted octanol–water partition coefficient (Wildman–Crippen LogP) is 2.84. The van der Waals surface area contributed by atoms with Crippen LogP contribution in [-0.4, -0.2) is 26.7 Å². The zero-order chi connectivity index (χ0) is 13.6. The van der Waals surface area contributed by atoms with Gasteiger partial charge in [0.25, 0.3) is 0 Å². The van der Waals surface area contributed by atoms with E-state index in [1.54, 1.807) is 0 Å². The average Bonchev–Trinajstić information content (AvgIpc) is 3.29. The Labute approximate surface area is 117 Å². The van der Waals surface area contributed by atoms with Crippen LogP contribution in [0.5, 0.6) is 0 Å². The summed E-state index contributed by atoms with van der Waals surface area (Å²) in [6.07, 6.45) is 5.03. The van der Waals surface area contributed by atoms with Gasteiger partial charge in [-0.25, -0.2) is 4.79 Å². The molecule has 2 N–H and O–H groups in total. The van der Waals surface area contributed by atoms with Crippen molar-refractivity contribution in [3.05, 3.63) is 10.4 Å². The van der Waals surface area contributed by atoms with Crippen LogP contribution in [0.2, 0.25) is 0 Å². The molecule has 3 rings (SSSR count). The van der Waals surface area contributed by atoms with Gasteiger partial charge in [0.1, 0.15) is 4.88 Å². The van der Waals surface area contributed by atoms with Crippen molar-refractivity contribution in [2.45, 2.75) is 31.6 Å². The third-order valence-electron chi connectivity index (χ3n) is 3.90. The van der Waals surface area contributed by atoms with Gasteiger partial charge in [-0.3, -0.25) is 0 Å². The van der Waals surface area contributed by atoms with E-state index >= 15 is 0 Å².